The molecule has 1 aromatic carbocycles. The van der Waals surface area contributed by atoms with Gasteiger partial charge in [0.2, 0.25) is 0 Å². The maximum absolute atomic E-state index is 6.39. The molecule has 0 heterocycles. The van der Waals surface area contributed by atoms with Crippen molar-refractivity contribution in [2.75, 3.05) is 6.54 Å². The molecule has 2 aliphatic rings. The fourth-order valence-corrected chi connectivity index (χ4v) is 2.91. The van der Waals surface area contributed by atoms with Gasteiger partial charge in [-0.1, -0.05) is 49.6 Å². The van der Waals surface area contributed by atoms with Crippen molar-refractivity contribution in [3.05, 3.63) is 35.9 Å². The van der Waals surface area contributed by atoms with Gasteiger partial charge in [-0.25, -0.2) is 0 Å². The molecule has 104 valence electrons. The quantitative estimate of drug-likeness (QED) is 0.838. The minimum absolute atomic E-state index is 0.227. The predicted octanol–water partition coefficient (Wildman–Crippen LogP) is 3.83. The van der Waals surface area contributed by atoms with Crippen LogP contribution in [0.15, 0.2) is 30.3 Å². The molecule has 0 saturated heterocycles. The Morgan fingerprint density at radius 1 is 1.00 bits per heavy atom. The van der Waals surface area contributed by atoms with Gasteiger partial charge in [0, 0.05) is 12.6 Å². The lowest BCUT2D eigenvalue weighted by atomic mass is 9.97. The van der Waals surface area contributed by atoms with Gasteiger partial charge in [-0.3, -0.25) is 0 Å². The van der Waals surface area contributed by atoms with E-state index in [1.54, 1.807) is 0 Å². The monoisotopic (exact) mass is 259 g/mol. The largest absolute Gasteiger partial charge is 0.369 e. The summed E-state index contributed by atoms with van der Waals surface area (Å²) in [5.74, 6) is 0. The van der Waals surface area contributed by atoms with Crippen molar-refractivity contribution >= 4 is 0 Å². The van der Waals surface area contributed by atoms with E-state index in [0.29, 0.717) is 6.10 Å². The van der Waals surface area contributed by atoms with Crippen LogP contribution in [0.4, 0.5) is 0 Å². The van der Waals surface area contributed by atoms with Gasteiger partial charge in [0.1, 0.15) is 0 Å². The van der Waals surface area contributed by atoms with Crippen molar-refractivity contribution < 1.29 is 4.74 Å². The summed E-state index contributed by atoms with van der Waals surface area (Å²) in [7, 11) is 0. The summed E-state index contributed by atoms with van der Waals surface area (Å²) in [5, 5.41) is 3.62. The van der Waals surface area contributed by atoms with E-state index in [2.05, 4.69) is 35.6 Å². The van der Waals surface area contributed by atoms with E-state index < -0.39 is 0 Å². The smallest absolute Gasteiger partial charge is 0.0953 e. The molecule has 1 atom stereocenters. The first kappa shape index (κ1) is 13.1. The standard InChI is InChI=1S/C17H25NO/c1-3-7-14(8-4-1)17(13-18-15-11-12-15)19-16-9-5-2-6-10-16/h1,3-4,7-8,15-18H,2,5-6,9-13H2. The number of hydrogen-bond acceptors (Lipinski definition) is 2. The second kappa shape index (κ2) is 6.53. The average molecular weight is 259 g/mol. The topological polar surface area (TPSA) is 21.3 Å². The highest BCUT2D eigenvalue weighted by Gasteiger charge is 2.25. The normalized spacial score (nSPS) is 22.3. The SMILES string of the molecule is c1ccc(C(CNC2CC2)OC2CCCCC2)cc1. The Hall–Kier alpha value is -0.860. The van der Waals surface area contributed by atoms with Crippen molar-refractivity contribution in [2.45, 2.75) is 63.2 Å². The van der Waals surface area contributed by atoms with Crippen molar-refractivity contribution in [1.29, 1.82) is 0 Å². The van der Waals surface area contributed by atoms with Crippen molar-refractivity contribution in [1.82, 2.24) is 5.32 Å². The molecular weight excluding hydrogens is 234 g/mol. The van der Waals surface area contributed by atoms with Crippen molar-refractivity contribution in [3.8, 4) is 0 Å². The van der Waals surface area contributed by atoms with Crippen LogP contribution in [0.25, 0.3) is 0 Å². The number of hydrogen-bond donors (Lipinski definition) is 1. The van der Waals surface area contributed by atoms with Crippen LogP contribution < -0.4 is 5.32 Å². The van der Waals surface area contributed by atoms with Crippen molar-refractivity contribution in [2.24, 2.45) is 0 Å². The second-order valence-electron chi connectivity index (χ2n) is 5.98. The van der Waals surface area contributed by atoms with Crippen LogP contribution in [0.5, 0.6) is 0 Å². The fraction of sp³-hybridized carbons (Fsp3) is 0.647. The van der Waals surface area contributed by atoms with Gasteiger partial charge >= 0.3 is 0 Å². The lowest BCUT2D eigenvalue weighted by molar-refractivity contribution is -0.0307. The third-order valence-electron chi connectivity index (χ3n) is 4.25. The lowest BCUT2D eigenvalue weighted by Gasteiger charge is -2.28. The average Bonchev–Trinajstić information content (AvgIpc) is 3.30. The minimum atomic E-state index is 0.227. The van der Waals surface area contributed by atoms with Crippen LogP contribution in [-0.4, -0.2) is 18.7 Å². The van der Waals surface area contributed by atoms with E-state index in [1.165, 1.54) is 50.5 Å². The van der Waals surface area contributed by atoms with Crippen molar-refractivity contribution in [3.63, 3.8) is 0 Å². The molecule has 2 saturated carbocycles. The van der Waals surface area contributed by atoms with Gasteiger partial charge in [0.25, 0.3) is 0 Å². The molecule has 2 fully saturated rings. The molecule has 19 heavy (non-hydrogen) atoms. The molecule has 2 heteroatoms. The Bertz CT molecular complexity index is 368. The molecule has 1 unspecified atom stereocenters. The number of ether oxygens (including phenoxy) is 1. The van der Waals surface area contributed by atoms with Gasteiger partial charge in [0.15, 0.2) is 0 Å². The summed E-state index contributed by atoms with van der Waals surface area (Å²) < 4.78 is 6.39. The molecule has 0 aliphatic heterocycles. The Labute approximate surface area is 116 Å². The Morgan fingerprint density at radius 3 is 2.42 bits per heavy atom. The number of benzene rings is 1. The zero-order chi connectivity index (χ0) is 12.9. The summed E-state index contributed by atoms with van der Waals surface area (Å²) in [6, 6.07) is 11.5. The van der Waals surface area contributed by atoms with Gasteiger partial charge in [-0.15, -0.1) is 0 Å². The summed E-state index contributed by atoms with van der Waals surface area (Å²) >= 11 is 0. The summed E-state index contributed by atoms with van der Waals surface area (Å²) in [4.78, 5) is 0. The van der Waals surface area contributed by atoms with E-state index in [1.807, 2.05) is 0 Å². The highest BCUT2D eigenvalue weighted by Crippen LogP contribution is 2.28. The molecule has 1 aromatic rings. The molecule has 2 nitrogen and oxygen atoms in total. The molecular formula is C17H25NO. The summed E-state index contributed by atoms with van der Waals surface area (Å²) in [5.41, 5.74) is 1.32. The Balaban J connectivity index is 1.60. The Kier molecular flexibility index (Phi) is 4.52. The first-order chi connectivity index (χ1) is 9.42. The number of rotatable bonds is 6. The molecule has 0 amide bonds. The van der Waals surface area contributed by atoms with E-state index in [9.17, 15) is 0 Å². The maximum Gasteiger partial charge on any atom is 0.0953 e. The third-order valence-corrected chi connectivity index (χ3v) is 4.25. The molecule has 0 aromatic heterocycles. The third kappa shape index (κ3) is 4.05. The van der Waals surface area contributed by atoms with Gasteiger partial charge in [0.05, 0.1) is 12.2 Å². The first-order valence-electron chi connectivity index (χ1n) is 7.85. The molecule has 0 spiro atoms. The predicted molar refractivity (Wildman–Crippen MR) is 78.2 cm³/mol. The van der Waals surface area contributed by atoms with Gasteiger partial charge in [-0.05, 0) is 31.2 Å². The van der Waals surface area contributed by atoms with E-state index in [-0.39, 0.29) is 6.10 Å². The summed E-state index contributed by atoms with van der Waals surface area (Å²) in [6.45, 7) is 0.963. The van der Waals surface area contributed by atoms with Crippen LogP contribution >= 0.6 is 0 Å². The zero-order valence-corrected chi connectivity index (χ0v) is 11.7. The maximum atomic E-state index is 6.39. The molecule has 3 rings (SSSR count). The Morgan fingerprint density at radius 2 is 1.74 bits per heavy atom. The second-order valence-corrected chi connectivity index (χ2v) is 5.98. The highest BCUT2D eigenvalue weighted by molar-refractivity contribution is 5.18. The van der Waals surface area contributed by atoms with E-state index in [4.69, 9.17) is 4.74 Å². The van der Waals surface area contributed by atoms with Crippen LogP contribution in [0.3, 0.4) is 0 Å². The highest BCUT2D eigenvalue weighted by atomic mass is 16.5. The van der Waals surface area contributed by atoms with E-state index in [0.717, 1.165) is 12.6 Å². The van der Waals surface area contributed by atoms with Crippen LogP contribution in [-0.2, 0) is 4.74 Å². The zero-order valence-electron chi connectivity index (χ0n) is 11.7. The lowest BCUT2D eigenvalue weighted by Crippen LogP contribution is -2.29. The minimum Gasteiger partial charge on any atom is -0.369 e. The molecule has 0 bridgehead atoms. The van der Waals surface area contributed by atoms with E-state index >= 15 is 0 Å². The number of nitrogens with one attached hydrogen (secondary N) is 1. The fourth-order valence-electron chi connectivity index (χ4n) is 2.91. The first-order valence-corrected chi connectivity index (χ1v) is 7.85. The van der Waals surface area contributed by atoms with Gasteiger partial charge < -0.3 is 10.1 Å². The van der Waals surface area contributed by atoms with Crippen LogP contribution in [0.2, 0.25) is 0 Å². The molecule has 1 N–H and O–H groups in total. The van der Waals surface area contributed by atoms with Gasteiger partial charge in [-0.2, -0.15) is 0 Å². The molecule has 0 radical (unpaired) electrons. The molecule has 2 aliphatic carbocycles. The van der Waals surface area contributed by atoms with Crippen LogP contribution in [0, 0.1) is 0 Å². The summed E-state index contributed by atoms with van der Waals surface area (Å²) in [6.07, 6.45) is 9.92. The van der Waals surface area contributed by atoms with Crippen LogP contribution in [0.1, 0.15) is 56.6 Å².